The van der Waals surface area contributed by atoms with E-state index in [2.05, 4.69) is 11.9 Å². The van der Waals surface area contributed by atoms with E-state index in [1.807, 2.05) is 24.0 Å². The zero-order valence-electron chi connectivity index (χ0n) is 10.3. The molecule has 18 heavy (non-hydrogen) atoms. The molecular weight excluding hydrogens is 234 g/mol. The van der Waals surface area contributed by atoms with Crippen LogP contribution >= 0.6 is 0 Å². The molecule has 0 spiro atoms. The quantitative estimate of drug-likeness (QED) is 0.654. The summed E-state index contributed by atoms with van der Waals surface area (Å²) in [5.74, 6) is 1.18. The summed E-state index contributed by atoms with van der Waals surface area (Å²) in [5, 5.41) is 18.8. The van der Waals surface area contributed by atoms with Crippen molar-refractivity contribution in [3.63, 3.8) is 0 Å². The molecule has 6 nitrogen and oxygen atoms in total. The van der Waals surface area contributed by atoms with Crippen molar-refractivity contribution in [3.8, 4) is 5.75 Å². The Morgan fingerprint density at radius 1 is 1.39 bits per heavy atom. The lowest BCUT2D eigenvalue weighted by atomic mass is 10.3. The number of nitrogens with zero attached hydrogens (tertiary/aromatic N) is 3. The molecule has 96 valence electrons. The van der Waals surface area contributed by atoms with Crippen molar-refractivity contribution in [1.82, 2.24) is 9.55 Å². The predicted octanol–water partition coefficient (Wildman–Crippen LogP) is 2.28. The maximum absolute atomic E-state index is 10.0. The van der Waals surface area contributed by atoms with Crippen LogP contribution in [0.2, 0.25) is 0 Å². The number of nitro benzene ring substituents is 1. The van der Waals surface area contributed by atoms with E-state index in [-0.39, 0.29) is 11.4 Å². The number of rotatable bonds is 2. The number of aromatic nitrogens is 2. The van der Waals surface area contributed by atoms with Gasteiger partial charge in [-0.3, -0.25) is 10.1 Å². The first-order valence-corrected chi connectivity index (χ1v) is 5.44. The van der Waals surface area contributed by atoms with Gasteiger partial charge < -0.3 is 9.67 Å². The molecule has 0 saturated heterocycles. The molecule has 0 aliphatic carbocycles. The zero-order valence-corrected chi connectivity index (χ0v) is 10.3. The van der Waals surface area contributed by atoms with Crippen molar-refractivity contribution in [1.29, 1.82) is 0 Å². The molecule has 0 atom stereocenters. The molecule has 1 aromatic carbocycles. The number of imidazole rings is 1. The van der Waals surface area contributed by atoms with Crippen molar-refractivity contribution >= 4 is 5.69 Å². The van der Waals surface area contributed by atoms with Crippen molar-refractivity contribution in [2.24, 2.45) is 7.05 Å². The Morgan fingerprint density at radius 3 is 2.33 bits per heavy atom. The Bertz CT molecular complexity index is 506. The third-order valence-electron chi connectivity index (χ3n) is 2.30. The van der Waals surface area contributed by atoms with Gasteiger partial charge in [0.15, 0.2) is 0 Å². The van der Waals surface area contributed by atoms with Crippen LogP contribution in [0.4, 0.5) is 5.69 Å². The molecule has 1 aromatic heterocycles. The second kappa shape index (κ2) is 6.39. The molecule has 2 rings (SSSR count). The molecule has 6 heteroatoms. The maximum atomic E-state index is 10.0. The minimum absolute atomic E-state index is 0.0159. The fourth-order valence-corrected chi connectivity index (χ4v) is 1.31. The number of phenolic OH excluding ortho intramolecular Hbond substituents is 1. The highest BCUT2D eigenvalue weighted by atomic mass is 16.6. The van der Waals surface area contributed by atoms with Crippen LogP contribution in [-0.2, 0) is 13.5 Å². The van der Waals surface area contributed by atoms with Gasteiger partial charge in [0.05, 0.1) is 4.92 Å². The first-order valence-electron chi connectivity index (χ1n) is 5.44. The summed E-state index contributed by atoms with van der Waals surface area (Å²) in [6.07, 6.45) is 4.79. The van der Waals surface area contributed by atoms with Crippen LogP contribution in [-0.4, -0.2) is 19.6 Å². The lowest BCUT2D eigenvalue weighted by Crippen LogP contribution is -1.92. The van der Waals surface area contributed by atoms with E-state index in [1.54, 1.807) is 0 Å². The molecule has 0 unspecified atom stereocenters. The Labute approximate surface area is 105 Å². The van der Waals surface area contributed by atoms with Crippen LogP contribution in [0, 0.1) is 10.1 Å². The SMILES string of the molecule is CCc1nccn1C.O=[N+]([O-])c1ccc(O)cc1. The van der Waals surface area contributed by atoms with Crippen LogP contribution in [0.15, 0.2) is 36.7 Å². The van der Waals surface area contributed by atoms with Crippen molar-refractivity contribution < 1.29 is 10.0 Å². The van der Waals surface area contributed by atoms with Gasteiger partial charge >= 0.3 is 0 Å². The second-order valence-corrected chi connectivity index (χ2v) is 3.58. The molecule has 0 saturated carbocycles. The van der Waals surface area contributed by atoms with E-state index < -0.39 is 4.92 Å². The second-order valence-electron chi connectivity index (χ2n) is 3.58. The smallest absolute Gasteiger partial charge is 0.269 e. The Balaban J connectivity index is 0.000000184. The monoisotopic (exact) mass is 249 g/mol. The predicted molar refractivity (Wildman–Crippen MR) is 67.3 cm³/mol. The third-order valence-corrected chi connectivity index (χ3v) is 2.30. The van der Waals surface area contributed by atoms with Gasteiger partial charge in [-0.25, -0.2) is 4.98 Å². The average Bonchev–Trinajstić information content (AvgIpc) is 2.76. The van der Waals surface area contributed by atoms with Gasteiger partial charge in [-0.2, -0.15) is 0 Å². The Hall–Kier alpha value is -2.37. The zero-order chi connectivity index (χ0) is 13.5. The van der Waals surface area contributed by atoms with E-state index in [0.29, 0.717) is 0 Å². The molecule has 1 heterocycles. The van der Waals surface area contributed by atoms with Crippen molar-refractivity contribution in [3.05, 3.63) is 52.6 Å². The Kier molecular flexibility index (Phi) is 4.86. The third kappa shape index (κ3) is 3.89. The molecule has 1 N–H and O–H groups in total. The maximum Gasteiger partial charge on any atom is 0.269 e. The molecule has 0 aliphatic heterocycles. The number of non-ortho nitro benzene ring substituents is 1. The molecule has 0 amide bonds. The number of aromatic hydroxyl groups is 1. The Morgan fingerprint density at radius 2 is 2.00 bits per heavy atom. The van der Waals surface area contributed by atoms with Gasteiger partial charge in [-0.1, -0.05) is 6.92 Å². The van der Waals surface area contributed by atoms with Gasteiger partial charge in [-0.15, -0.1) is 0 Å². The molecule has 2 aromatic rings. The van der Waals surface area contributed by atoms with Gasteiger partial charge in [-0.05, 0) is 12.1 Å². The summed E-state index contributed by atoms with van der Waals surface area (Å²) < 4.78 is 2.03. The van der Waals surface area contributed by atoms with Crippen LogP contribution < -0.4 is 0 Å². The lowest BCUT2D eigenvalue weighted by molar-refractivity contribution is -0.384. The average molecular weight is 249 g/mol. The minimum Gasteiger partial charge on any atom is -0.508 e. The van der Waals surface area contributed by atoms with E-state index in [0.717, 1.165) is 12.2 Å². The van der Waals surface area contributed by atoms with Crippen LogP contribution in [0.5, 0.6) is 5.75 Å². The minimum atomic E-state index is -0.514. The van der Waals surface area contributed by atoms with Gasteiger partial charge in [0.25, 0.3) is 5.69 Å². The summed E-state index contributed by atoms with van der Waals surface area (Å²) in [4.78, 5) is 13.6. The van der Waals surface area contributed by atoms with E-state index >= 15 is 0 Å². The first kappa shape index (κ1) is 13.7. The largest absolute Gasteiger partial charge is 0.508 e. The summed E-state index contributed by atoms with van der Waals surface area (Å²) in [5.41, 5.74) is -0.0159. The number of nitro groups is 1. The number of hydrogen-bond acceptors (Lipinski definition) is 4. The fourth-order valence-electron chi connectivity index (χ4n) is 1.31. The summed E-state index contributed by atoms with van der Waals surface area (Å²) in [6.45, 7) is 2.10. The van der Waals surface area contributed by atoms with Crippen LogP contribution in [0.1, 0.15) is 12.7 Å². The van der Waals surface area contributed by atoms with E-state index in [1.165, 1.54) is 24.3 Å². The summed E-state index contributed by atoms with van der Waals surface area (Å²) in [6, 6.07) is 5.04. The topological polar surface area (TPSA) is 81.2 Å². The first-order chi connectivity index (χ1) is 8.54. The highest BCUT2D eigenvalue weighted by Crippen LogP contribution is 2.14. The number of benzene rings is 1. The standard InChI is InChI=1S/C6H10N2.C6H5NO3/c1-3-6-7-4-5-8(6)2;8-6-3-1-5(2-4-6)7(9)10/h4-5H,3H2,1-2H3;1-4,8H. The number of hydrogen-bond donors (Lipinski definition) is 1. The molecule has 0 aliphatic rings. The fraction of sp³-hybridized carbons (Fsp3) is 0.250. The van der Waals surface area contributed by atoms with Crippen LogP contribution in [0.25, 0.3) is 0 Å². The van der Waals surface area contributed by atoms with E-state index in [9.17, 15) is 10.1 Å². The number of phenols is 1. The van der Waals surface area contributed by atoms with Gasteiger partial charge in [0, 0.05) is 38.0 Å². The summed E-state index contributed by atoms with van der Waals surface area (Å²) >= 11 is 0. The summed E-state index contributed by atoms with van der Waals surface area (Å²) in [7, 11) is 2.01. The molecular formula is C12H15N3O3. The highest BCUT2D eigenvalue weighted by molar-refractivity contribution is 5.34. The van der Waals surface area contributed by atoms with Gasteiger partial charge in [0.2, 0.25) is 0 Å². The van der Waals surface area contributed by atoms with Crippen LogP contribution in [0.3, 0.4) is 0 Å². The van der Waals surface area contributed by atoms with Crippen molar-refractivity contribution in [2.75, 3.05) is 0 Å². The molecule has 0 bridgehead atoms. The van der Waals surface area contributed by atoms with E-state index in [4.69, 9.17) is 5.11 Å². The highest BCUT2D eigenvalue weighted by Gasteiger charge is 2.01. The van der Waals surface area contributed by atoms with Crippen molar-refractivity contribution in [2.45, 2.75) is 13.3 Å². The lowest BCUT2D eigenvalue weighted by Gasteiger charge is -1.92. The molecule has 0 fully saturated rings. The van der Waals surface area contributed by atoms with Gasteiger partial charge in [0.1, 0.15) is 11.6 Å². The number of aryl methyl sites for hydroxylation is 2. The normalized spacial score (nSPS) is 9.44. The molecule has 0 radical (unpaired) electrons.